The summed E-state index contributed by atoms with van der Waals surface area (Å²) in [7, 11) is 0. The number of nitrogens with one attached hydrogen (secondary N) is 2. The number of hydrogen-bond acceptors (Lipinski definition) is 3. The summed E-state index contributed by atoms with van der Waals surface area (Å²) in [6.07, 6.45) is 3.60. The summed E-state index contributed by atoms with van der Waals surface area (Å²) in [5.74, 6) is -1.30. The van der Waals surface area contributed by atoms with Crippen molar-refractivity contribution in [2.75, 3.05) is 11.9 Å². The second-order valence-corrected chi connectivity index (χ2v) is 5.72. The van der Waals surface area contributed by atoms with Crippen LogP contribution >= 0.6 is 11.6 Å². The van der Waals surface area contributed by atoms with Gasteiger partial charge in [-0.1, -0.05) is 30.5 Å². The van der Waals surface area contributed by atoms with Crippen molar-refractivity contribution in [2.45, 2.75) is 31.8 Å². The Bertz CT molecular complexity index is 515. The number of rotatable bonds is 4. The Hall–Kier alpha value is -1.59. The van der Waals surface area contributed by atoms with Gasteiger partial charge in [-0.3, -0.25) is 9.59 Å². The summed E-state index contributed by atoms with van der Waals surface area (Å²) < 4.78 is 0. The largest absolute Gasteiger partial charge is 0.391 e. The molecule has 1 aliphatic rings. The molecule has 1 fully saturated rings. The van der Waals surface area contributed by atoms with E-state index in [1.54, 1.807) is 24.3 Å². The molecule has 2 amide bonds. The molecule has 0 saturated heterocycles. The number of amides is 2. The third-order valence-corrected chi connectivity index (χ3v) is 3.94. The first-order chi connectivity index (χ1) is 10.1. The van der Waals surface area contributed by atoms with Crippen molar-refractivity contribution in [3.05, 3.63) is 29.3 Å². The van der Waals surface area contributed by atoms with Crippen LogP contribution in [0.15, 0.2) is 24.3 Å². The van der Waals surface area contributed by atoms with Crippen LogP contribution in [0.1, 0.15) is 25.7 Å². The summed E-state index contributed by atoms with van der Waals surface area (Å²) in [5, 5.41) is 15.3. The highest BCUT2D eigenvalue weighted by Gasteiger charge is 2.24. The quantitative estimate of drug-likeness (QED) is 0.744. The summed E-state index contributed by atoms with van der Waals surface area (Å²) in [5.41, 5.74) is 0.457. The summed E-state index contributed by atoms with van der Waals surface area (Å²) >= 11 is 5.80. The maximum absolute atomic E-state index is 11.7. The third kappa shape index (κ3) is 4.72. The highest BCUT2D eigenvalue weighted by atomic mass is 35.5. The number of hydrogen-bond donors (Lipinski definition) is 3. The predicted molar refractivity (Wildman–Crippen MR) is 81.1 cm³/mol. The lowest BCUT2D eigenvalue weighted by molar-refractivity contribution is -0.136. The van der Waals surface area contributed by atoms with Crippen LogP contribution in [0.2, 0.25) is 5.02 Å². The van der Waals surface area contributed by atoms with E-state index in [9.17, 15) is 14.7 Å². The van der Waals surface area contributed by atoms with E-state index >= 15 is 0 Å². The molecule has 0 aliphatic heterocycles. The van der Waals surface area contributed by atoms with Crippen LogP contribution in [0.3, 0.4) is 0 Å². The summed E-state index contributed by atoms with van der Waals surface area (Å²) in [4.78, 5) is 23.4. The van der Waals surface area contributed by atoms with E-state index in [0.717, 1.165) is 25.7 Å². The van der Waals surface area contributed by atoms with E-state index in [2.05, 4.69) is 10.6 Å². The van der Waals surface area contributed by atoms with Gasteiger partial charge in [-0.15, -0.1) is 0 Å². The minimum Gasteiger partial charge on any atom is -0.391 e. The second kappa shape index (κ2) is 7.43. The first kappa shape index (κ1) is 15.8. The molecule has 5 nitrogen and oxygen atoms in total. The van der Waals surface area contributed by atoms with E-state index in [0.29, 0.717) is 10.7 Å². The van der Waals surface area contributed by atoms with Crippen LogP contribution in [0, 0.1) is 5.92 Å². The van der Waals surface area contributed by atoms with Gasteiger partial charge >= 0.3 is 11.8 Å². The van der Waals surface area contributed by atoms with Crippen LogP contribution in [0.4, 0.5) is 5.69 Å². The fourth-order valence-corrected chi connectivity index (χ4v) is 2.73. The van der Waals surface area contributed by atoms with Gasteiger partial charge in [0.25, 0.3) is 0 Å². The van der Waals surface area contributed by atoms with E-state index in [1.165, 1.54) is 0 Å². The Balaban J connectivity index is 1.78. The molecule has 1 unspecified atom stereocenters. The minimum absolute atomic E-state index is 0.104. The van der Waals surface area contributed by atoms with Crippen LogP contribution in [-0.2, 0) is 9.59 Å². The molecule has 0 heterocycles. The molecule has 3 N–H and O–H groups in total. The van der Waals surface area contributed by atoms with Crippen molar-refractivity contribution in [1.82, 2.24) is 5.32 Å². The van der Waals surface area contributed by atoms with Crippen molar-refractivity contribution in [3.8, 4) is 0 Å². The van der Waals surface area contributed by atoms with Crippen LogP contribution < -0.4 is 10.6 Å². The average molecular weight is 311 g/mol. The molecular formula is C15H19ClN2O3. The number of benzene rings is 1. The highest BCUT2D eigenvalue weighted by molar-refractivity contribution is 6.39. The topological polar surface area (TPSA) is 78.4 Å². The smallest absolute Gasteiger partial charge is 0.313 e. The van der Waals surface area contributed by atoms with Gasteiger partial charge in [0.2, 0.25) is 0 Å². The first-order valence-electron chi connectivity index (χ1n) is 7.09. The lowest BCUT2D eigenvalue weighted by atomic mass is 10.0. The van der Waals surface area contributed by atoms with Gasteiger partial charge in [0.15, 0.2) is 0 Å². The zero-order valence-corrected chi connectivity index (χ0v) is 12.4. The highest BCUT2D eigenvalue weighted by Crippen LogP contribution is 2.27. The molecule has 114 valence electrons. The standard InChI is InChI=1S/C15H19ClN2O3/c16-11-6-3-7-12(8-11)18-15(21)14(20)17-9-13(19)10-4-1-2-5-10/h3,6-8,10,13,19H,1-2,4-5,9H2,(H,17,20)(H,18,21). The molecule has 2 rings (SSSR count). The lowest BCUT2D eigenvalue weighted by Crippen LogP contribution is -2.41. The van der Waals surface area contributed by atoms with Crippen molar-refractivity contribution in [3.63, 3.8) is 0 Å². The van der Waals surface area contributed by atoms with Gasteiger partial charge in [0.05, 0.1) is 6.10 Å². The van der Waals surface area contributed by atoms with Crippen LogP contribution in [0.5, 0.6) is 0 Å². The number of aliphatic hydroxyl groups excluding tert-OH is 1. The van der Waals surface area contributed by atoms with Crippen LogP contribution in [0.25, 0.3) is 0 Å². The van der Waals surface area contributed by atoms with E-state index in [1.807, 2.05) is 0 Å². The molecule has 1 aromatic rings. The Morgan fingerprint density at radius 2 is 2.00 bits per heavy atom. The zero-order chi connectivity index (χ0) is 15.2. The van der Waals surface area contributed by atoms with Gasteiger partial charge < -0.3 is 15.7 Å². The third-order valence-electron chi connectivity index (χ3n) is 3.70. The van der Waals surface area contributed by atoms with Gasteiger partial charge in [0, 0.05) is 17.3 Å². The fourth-order valence-electron chi connectivity index (χ4n) is 2.54. The SMILES string of the molecule is O=C(NCC(O)C1CCCC1)C(=O)Nc1cccc(Cl)c1. The fraction of sp³-hybridized carbons (Fsp3) is 0.467. The average Bonchev–Trinajstić information content (AvgIpc) is 2.98. The van der Waals surface area contributed by atoms with Gasteiger partial charge in [-0.05, 0) is 37.0 Å². The normalized spacial score (nSPS) is 16.5. The molecule has 1 saturated carbocycles. The molecule has 1 aliphatic carbocycles. The van der Waals surface area contributed by atoms with Crippen LogP contribution in [-0.4, -0.2) is 29.6 Å². The summed E-state index contributed by atoms with van der Waals surface area (Å²) in [6, 6.07) is 6.56. The molecule has 0 bridgehead atoms. The Labute approximate surface area is 128 Å². The van der Waals surface area contributed by atoms with Crippen molar-refractivity contribution in [2.24, 2.45) is 5.92 Å². The van der Waals surface area contributed by atoms with Crippen molar-refractivity contribution < 1.29 is 14.7 Å². The second-order valence-electron chi connectivity index (χ2n) is 5.29. The zero-order valence-electron chi connectivity index (χ0n) is 11.6. The van der Waals surface area contributed by atoms with E-state index in [-0.39, 0.29) is 12.5 Å². The molecule has 0 radical (unpaired) electrons. The first-order valence-corrected chi connectivity index (χ1v) is 7.47. The Morgan fingerprint density at radius 1 is 1.29 bits per heavy atom. The van der Waals surface area contributed by atoms with E-state index in [4.69, 9.17) is 11.6 Å². The van der Waals surface area contributed by atoms with Crippen molar-refractivity contribution in [1.29, 1.82) is 0 Å². The molecular weight excluding hydrogens is 292 g/mol. The number of anilines is 1. The maximum Gasteiger partial charge on any atom is 0.313 e. The maximum atomic E-state index is 11.7. The number of aliphatic hydroxyl groups is 1. The monoisotopic (exact) mass is 310 g/mol. The number of halogens is 1. The van der Waals surface area contributed by atoms with Gasteiger partial charge in [-0.25, -0.2) is 0 Å². The van der Waals surface area contributed by atoms with Crippen molar-refractivity contribution >= 4 is 29.1 Å². The molecule has 21 heavy (non-hydrogen) atoms. The lowest BCUT2D eigenvalue weighted by Gasteiger charge is -2.17. The number of carbonyl (C=O) groups is 2. The predicted octanol–water partition coefficient (Wildman–Crippen LogP) is 1.95. The molecule has 1 aromatic carbocycles. The Kier molecular flexibility index (Phi) is 5.59. The minimum atomic E-state index is -0.768. The number of carbonyl (C=O) groups excluding carboxylic acids is 2. The van der Waals surface area contributed by atoms with E-state index < -0.39 is 17.9 Å². The molecule has 0 aromatic heterocycles. The summed E-state index contributed by atoms with van der Waals surface area (Å²) in [6.45, 7) is 0.104. The molecule has 0 spiro atoms. The molecule has 1 atom stereocenters. The molecule has 6 heteroatoms. The van der Waals surface area contributed by atoms with Gasteiger partial charge in [0.1, 0.15) is 0 Å². The van der Waals surface area contributed by atoms with Gasteiger partial charge in [-0.2, -0.15) is 0 Å². The Morgan fingerprint density at radius 3 is 2.67 bits per heavy atom.